The van der Waals surface area contributed by atoms with Gasteiger partial charge in [0, 0.05) is 5.56 Å². The van der Waals surface area contributed by atoms with Crippen molar-refractivity contribution in [3.05, 3.63) is 35.4 Å². The molecule has 0 aromatic heterocycles. The monoisotopic (exact) mass is 217 g/mol. The van der Waals surface area contributed by atoms with E-state index in [0.717, 1.165) is 0 Å². The number of nitriles is 1. The van der Waals surface area contributed by atoms with E-state index >= 15 is 0 Å². The summed E-state index contributed by atoms with van der Waals surface area (Å²) in [6, 6.07) is 7.98. The van der Waals surface area contributed by atoms with Crippen molar-refractivity contribution in [2.45, 2.75) is 13.3 Å². The predicted molar refractivity (Wildman–Crippen MR) is 56.9 cm³/mol. The van der Waals surface area contributed by atoms with E-state index < -0.39 is 17.7 Å². The molecule has 1 atom stereocenters. The summed E-state index contributed by atoms with van der Waals surface area (Å²) in [5, 5.41) is 17.5. The molecule has 0 saturated heterocycles. The lowest BCUT2D eigenvalue weighted by molar-refractivity contribution is -0.140. The van der Waals surface area contributed by atoms with Gasteiger partial charge in [-0.25, -0.2) is 0 Å². The molecule has 1 rings (SSSR count). The van der Waals surface area contributed by atoms with Crippen molar-refractivity contribution in [2.24, 2.45) is 5.92 Å². The smallest absolute Gasteiger partial charge is 0.314 e. The van der Waals surface area contributed by atoms with Gasteiger partial charge in [0.15, 0.2) is 5.78 Å². The van der Waals surface area contributed by atoms with E-state index in [-0.39, 0.29) is 12.0 Å². The van der Waals surface area contributed by atoms with E-state index in [9.17, 15) is 9.59 Å². The number of ketones is 1. The molecule has 0 spiro atoms. The number of benzene rings is 1. The Kier molecular flexibility index (Phi) is 3.78. The minimum atomic E-state index is -1.13. The van der Waals surface area contributed by atoms with Gasteiger partial charge in [0.25, 0.3) is 0 Å². The normalized spacial score (nSPS) is 11.5. The minimum absolute atomic E-state index is 0.241. The summed E-state index contributed by atoms with van der Waals surface area (Å²) in [5.74, 6) is -2.61. The van der Waals surface area contributed by atoms with Crippen molar-refractivity contribution in [2.75, 3.05) is 0 Å². The van der Waals surface area contributed by atoms with Crippen LogP contribution in [0.2, 0.25) is 0 Å². The van der Waals surface area contributed by atoms with E-state index in [1.165, 1.54) is 12.1 Å². The standard InChI is InChI=1S/C12H11NO3/c1-2-10(12(15)16)11(14)9-5-3-4-8(6-9)7-13/h3-6,10H,2H2,1H3,(H,15,16). The van der Waals surface area contributed by atoms with Crippen LogP contribution < -0.4 is 0 Å². The van der Waals surface area contributed by atoms with Crippen molar-refractivity contribution in [3.8, 4) is 6.07 Å². The summed E-state index contributed by atoms with van der Waals surface area (Å²) in [4.78, 5) is 22.6. The molecule has 0 bridgehead atoms. The van der Waals surface area contributed by atoms with Crippen LogP contribution >= 0.6 is 0 Å². The Morgan fingerprint density at radius 3 is 2.69 bits per heavy atom. The van der Waals surface area contributed by atoms with E-state index in [4.69, 9.17) is 10.4 Å². The highest BCUT2D eigenvalue weighted by Crippen LogP contribution is 2.14. The molecule has 16 heavy (non-hydrogen) atoms. The van der Waals surface area contributed by atoms with Crippen molar-refractivity contribution in [1.82, 2.24) is 0 Å². The largest absolute Gasteiger partial charge is 0.481 e. The fourth-order valence-corrected chi connectivity index (χ4v) is 1.42. The second-order valence-electron chi connectivity index (χ2n) is 3.36. The summed E-state index contributed by atoms with van der Waals surface area (Å²) >= 11 is 0. The van der Waals surface area contributed by atoms with E-state index in [1.54, 1.807) is 19.1 Å². The van der Waals surface area contributed by atoms with Gasteiger partial charge in [0.2, 0.25) is 0 Å². The molecule has 0 saturated carbocycles. The lowest BCUT2D eigenvalue weighted by Gasteiger charge is -2.08. The minimum Gasteiger partial charge on any atom is -0.481 e. The Balaban J connectivity index is 3.04. The number of Topliss-reactive ketones (excluding diaryl/α,β-unsaturated/α-hetero) is 1. The molecule has 0 radical (unpaired) electrons. The molecule has 1 N–H and O–H groups in total. The number of carbonyl (C=O) groups excluding carboxylic acids is 1. The van der Waals surface area contributed by atoms with E-state index in [2.05, 4.69) is 0 Å². The third-order valence-corrected chi connectivity index (χ3v) is 2.30. The Morgan fingerprint density at radius 1 is 1.50 bits per heavy atom. The first kappa shape index (κ1) is 11.9. The number of hydrogen-bond donors (Lipinski definition) is 1. The first-order chi connectivity index (χ1) is 7.60. The molecule has 0 heterocycles. The summed E-state index contributed by atoms with van der Waals surface area (Å²) < 4.78 is 0. The van der Waals surface area contributed by atoms with Gasteiger partial charge in [-0.2, -0.15) is 5.26 Å². The second-order valence-corrected chi connectivity index (χ2v) is 3.36. The van der Waals surface area contributed by atoms with E-state index in [1.807, 2.05) is 6.07 Å². The van der Waals surface area contributed by atoms with Gasteiger partial charge in [0.1, 0.15) is 5.92 Å². The molecule has 0 aliphatic rings. The maximum Gasteiger partial charge on any atom is 0.314 e. The molecule has 1 aromatic rings. The van der Waals surface area contributed by atoms with Crippen LogP contribution in [-0.4, -0.2) is 16.9 Å². The maximum atomic E-state index is 11.8. The average Bonchev–Trinajstić information content (AvgIpc) is 2.29. The zero-order valence-corrected chi connectivity index (χ0v) is 8.80. The highest BCUT2D eigenvalue weighted by atomic mass is 16.4. The fourth-order valence-electron chi connectivity index (χ4n) is 1.42. The van der Waals surface area contributed by atoms with Crippen molar-refractivity contribution >= 4 is 11.8 Å². The van der Waals surface area contributed by atoms with Gasteiger partial charge >= 0.3 is 5.97 Å². The highest BCUT2D eigenvalue weighted by Gasteiger charge is 2.25. The summed E-state index contributed by atoms with van der Waals surface area (Å²) in [7, 11) is 0. The van der Waals surface area contributed by atoms with Gasteiger partial charge < -0.3 is 5.11 Å². The Bertz CT molecular complexity index is 460. The Hall–Kier alpha value is -2.15. The SMILES string of the molecule is CCC(C(=O)O)C(=O)c1cccc(C#N)c1. The molecule has 1 aromatic carbocycles. The van der Waals surface area contributed by atoms with Crippen LogP contribution in [0.15, 0.2) is 24.3 Å². The van der Waals surface area contributed by atoms with Crippen LogP contribution in [-0.2, 0) is 4.79 Å². The second kappa shape index (κ2) is 5.08. The fraction of sp³-hybridized carbons (Fsp3) is 0.250. The number of rotatable bonds is 4. The van der Waals surface area contributed by atoms with Crippen LogP contribution in [0.3, 0.4) is 0 Å². The van der Waals surface area contributed by atoms with Crippen molar-refractivity contribution in [1.29, 1.82) is 5.26 Å². The molecule has 4 heteroatoms. The molecule has 82 valence electrons. The topological polar surface area (TPSA) is 78.2 Å². The van der Waals surface area contributed by atoms with E-state index in [0.29, 0.717) is 5.56 Å². The van der Waals surface area contributed by atoms with Gasteiger partial charge in [-0.05, 0) is 18.6 Å². The number of nitrogens with zero attached hydrogens (tertiary/aromatic N) is 1. The van der Waals surface area contributed by atoms with Crippen LogP contribution in [0.4, 0.5) is 0 Å². The lowest BCUT2D eigenvalue weighted by atomic mass is 9.94. The Labute approximate surface area is 93.1 Å². The van der Waals surface area contributed by atoms with Crippen LogP contribution in [0.25, 0.3) is 0 Å². The average molecular weight is 217 g/mol. The molecule has 4 nitrogen and oxygen atoms in total. The van der Waals surface area contributed by atoms with Gasteiger partial charge in [-0.3, -0.25) is 9.59 Å². The highest BCUT2D eigenvalue weighted by molar-refractivity contribution is 6.08. The third kappa shape index (κ3) is 2.45. The quantitative estimate of drug-likeness (QED) is 0.616. The molecule has 0 amide bonds. The van der Waals surface area contributed by atoms with Crippen LogP contribution in [0.1, 0.15) is 29.3 Å². The van der Waals surface area contributed by atoms with Gasteiger partial charge in [-0.1, -0.05) is 19.1 Å². The van der Waals surface area contributed by atoms with Crippen LogP contribution in [0, 0.1) is 17.2 Å². The molecule has 0 aliphatic carbocycles. The summed E-state index contributed by atoms with van der Waals surface area (Å²) in [5.41, 5.74) is 0.624. The number of aliphatic carboxylic acids is 1. The number of carbonyl (C=O) groups is 2. The number of carboxylic acid groups (broad SMARTS) is 1. The lowest BCUT2D eigenvalue weighted by Crippen LogP contribution is -2.23. The summed E-state index contributed by atoms with van der Waals surface area (Å²) in [6.07, 6.45) is 0.241. The zero-order chi connectivity index (χ0) is 12.1. The molecule has 1 unspecified atom stereocenters. The zero-order valence-electron chi connectivity index (χ0n) is 8.80. The first-order valence-corrected chi connectivity index (χ1v) is 4.87. The number of carboxylic acids is 1. The molecule has 0 fully saturated rings. The van der Waals surface area contributed by atoms with Gasteiger partial charge in [-0.15, -0.1) is 0 Å². The van der Waals surface area contributed by atoms with Crippen LogP contribution in [0.5, 0.6) is 0 Å². The Morgan fingerprint density at radius 2 is 2.19 bits per heavy atom. The van der Waals surface area contributed by atoms with Gasteiger partial charge in [0.05, 0.1) is 11.6 Å². The molecule has 0 aliphatic heterocycles. The number of hydrogen-bond acceptors (Lipinski definition) is 3. The predicted octanol–water partition coefficient (Wildman–Crippen LogP) is 1.85. The van der Waals surface area contributed by atoms with Crippen molar-refractivity contribution < 1.29 is 14.7 Å². The summed E-state index contributed by atoms with van der Waals surface area (Å²) in [6.45, 7) is 1.64. The molecular formula is C12H11NO3. The molecular weight excluding hydrogens is 206 g/mol. The maximum absolute atomic E-state index is 11.8. The third-order valence-electron chi connectivity index (χ3n) is 2.30. The van der Waals surface area contributed by atoms with Crippen molar-refractivity contribution in [3.63, 3.8) is 0 Å². The first-order valence-electron chi connectivity index (χ1n) is 4.87.